The van der Waals surface area contributed by atoms with Crippen molar-refractivity contribution < 1.29 is 36.5 Å². The number of hydrogen-bond acceptors (Lipinski definition) is 14. The quantitative estimate of drug-likeness (QED) is 0.0773. The van der Waals surface area contributed by atoms with Crippen molar-refractivity contribution in [1.82, 2.24) is 49.8 Å². The van der Waals surface area contributed by atoms with Crippen LogP contribution in [0.1, 0.15) is 113 Å². The molecule has 0 aliphatic carbocycles. The van der Waals surface area contributed by atoms with Gasteiger partial charge in [-0.15, -0.1) is 13.2 Å². The first-order valence-corrected chi connectivity index (χ1v) is 21.6. The number of piperidine rings is 2. The van der Waals surface area contributed by atoms with Crippen LogP contribution in [0.5, 0.6) is 23.5 Å². The van der Waals surface area contributed by atoms with Gasteiger partial charge in [-0.25, -0.2) is 4.39 Å². The maximum absolute atomic E-state index is 13.6. The first-order chi connectivity index (χ1) is 30.6. The Labute approximate surface area is 368 Å². The molecule has 0 bridgehead atoms. The van der Waals surface area contributed by atoms with Gasteiger partial charge in [0.1, 0.15) is 29.5 Å². The van der Waals surface area contributed by atoms with E-state index in [2.05, 4.69) is 70.0 Å². The van der Waals surface area contributed by atoms with Gasteiger partial charge in [-0.05, 0) is 88.2 Å². The van der Waals surface area contributed by atoms with Gasteiger partial charge in [-0.2, -0.15) is 39.2 Å². The van der Waals surface area contributed by atoms with E-state index in [9.17, 15) is 17.6 Å². The Morgan fingerprint density at radius 1 is 0.703 bits per heavy atom. The van der Waals surface area contributed by atoms with Gasteiger partial charge in [0.15, 0.2) is 11.3 Å². The van der Waals surface area contributed by atoms with E-state index in [1.807, 2.05) is 33.9 Å². The van der Waals surface area contributed by atoms with Crippen LogP contribution in [-0.2, 0) is 0 Å². The van der Waals surface area contributed by atoms with E-state index in [1.54, 1.807) is 27.4 Å². The lowest BCUT2D eigenvalue weighted by Gasteiger charge is -2.23. The van der Waals surface area contributed by atoms with Gasteiger partial charge >= 0.3 is 18.4 Å². The number of methoxy groups -OCH3 is 1. The molecule has 4 atom stereocenters. The third kappa shape index (κ3) is 11.4. The Kier molecular flexibility index (Phi) is 14.5. The molecule has 0 radical (unpaired) electrons. The number of benzene rings is 2. The van der Waals surface area contributed by atoms with Crippen LogP contribution in [0.25, 0.3) is 11.3 Å². The molecule has 0 saturated carbocycles. The Morgan fingerprint density at radius 2 is 1.25 bits per heavy atom. The lowest BCUT2D eigenvalue weighted by atomic mass is 10.1. The molecule has 2 aliphatic heterocycles. The average Bonchev–Trinajstić information content (AvgIpc) is 3.90. The molecule has 0 spiro atoms. The van der Waals surface area contributed by atoms with Crippen LogP contribution in [0.3, 0.4) is 0 Å². The number of rotatable bonds is 14. The molecule has 2 aromatic carbocycles. The highest BCUT2D eigenvalue weighted by atomic mass is 19.4. The second-order valence-corrected chi connectivity index (χ2v) is 16.6. The molecule has 8 rings (SSSR count). The molecular formula is C44H56F4N12O4. The van der Waals surface area contributed by atoms with Gasteiger partial charge in [0.25, 0.3) is 0 Å². The molecule has 6 heterocycles. The van der Waals surface area contributed by atoms with Crippen LogP contribution >= 0.6 is 0 Å². The first-order valence-electron chi connectivity index (χ1n) is 21.6. The molecule has 4 aromatic heterocycles. The van der Waals surface area contributed by atoms with Crippen molar-refractivity contribution in [2.75, 3.05) is 43.9 Å². The summed E-state index contributed by atoms with van der Waals surface area (Å²) in [5.74, 6) is 1.18. The van der Waals surface area contributed by atoms with Crippen molar-refractivity contribution in [1.29, 1.82) is 0 Å². The second-order valence-electron chi connectivity index (χ2n) is 16.6. The summed E-state index contributed by atoms with van der Waals surface area (Å²) in [4.78, 5) is 18.4. The van der Waals surface area contributed by atoms with Crippen molar-refractivity contribution >= 4 is 23.2 Å². The predicted molar refractivity (Wildman–Crippen MR) is 233 cm³/mol. The minimum absolute atomic E-state index is 0.0316. The van der Waals surface area contributed by atoms with Crippen LogP contribution in [0.2, 0.25) is 0 Å². The van der Waals surface area contributed by atoms with Gasteiger partial charge in [-0.3, -0.25) is 0 Å². The number of nitrogens with one attached hydrogen (secondary N) is 4. The molecule has 6 aromatic rings. The molecule has 16 nitrogen and oxygen atoms in total. The van der Waals surface area contributed by atoms with E-state index >= 15 is 0 Å². The van der Waals surface area contributed by atoms with E-state index in [0.29, 0.717) is 40.5 Å². The SMILES string of the molecule is CC(C)c1cnn2c(N[C@@H](C)c3cccc(OC(F)(F)F)c3)nc(OC3CCCNC3)nc12.COc1cc(F)ccc1[C@H](C)Nc1nc(OC2CCCNC2)nc2c(C(C)C)cnn12. The summed E-state index contributed by atoms with van der Waals surface area (Å²) in [7, 11) is 1.53. The van der Waals surface area contributed by atoms with Crippen molar-refractivity contribution in [2.45, 2.75) is 110 Å². The van der Waals surface area contributed by atoms with E-state index in [-0.39, 0.29) is 47.7 Å². The maximum atomic E-state index is 13.6. The zero-order valence-electron chi connectivity index (χ0n) is 37.0. The van der Waals surface area contributed by atoms with Crippen LogP contribution in [0, 0.1) is 5.82 Å². The Balaban J connectivity index is 0.000000192. The minimum Gasteiger partial charge on any atom is -0.496 e. The van der Waals surface area contributed by atoms with Crippen LogP contribution in [0.15, 0.2) is 54.9 Å². The molecule has 2 unspecified atom stereocenters. The minimum atomic E-state index is -4.75. The average molecular weight is 893 g/mol. The standard InChI is InChI=1S/C22H27F3N6O2.C22H29FN6O2/c1-13(2)18-12-27-31-19(18)29-21(32-17-8-5-9-26-11-17)30-20(31)28-14(3)15-6-4-7-16(10-15)33-22(23,24)25;1-13(2)18-12-25-29-20(18)27-22(31-16-6-5-9-24-11-16)28-21(29)26-14(3)17-8-7-15(23)10-19(17)30-4/h4,6-7,10,12-14,17,26H,5,8-9,11H2,1-3H3,(H,28,29,30);7-8,10,12-14,16,24H,5-6,9,11H2,1-4H3,(H,26,27,28)/t14-,17?;14-,16?/m00/s1. The third-order valence-electron chi connectivity index (χ3n) is 11.0. The lowest BCUT2D eigenvalue weighted by molar-refractivity contribution is -0.274. The molecule has 4 N–H and O–H groups in total. The molecule has 2 saturated heterocycles. The zero-order valence-corrected chi connectivity index (χ0v) is 37.0. The van der Waals surface area contributed by atoms with E-state index in [4.69, 9.17) is 14.2 Å². The number of anilines is 2. The molecule has 20 heteroatoms. The third-order valence-corrected chi connectivity index (χ3v) is 11.0. The fraction of sp³-hybridized carbons (Fsp3) is 0.500. The maximum Gasteiger partial charge on any atom is 0.573 e. The summed E-state index contributed by atoms with van der Waals surface area (Å²) < 4.78 is 76.3. The van der Waals surface area contributed by atoms with Crippen molar-refractivity contribution in [3.63, 3.8) is 0 Å². The fourth-order valence-electron chi connectivity index (χ4n) is 7.57. The van der Waals surface area contributed by atoms with Crippen LogP contribution < -0.4 is 40.2 Å². The van der Waals surface area contributed by atoms with Crippen molar-refractivity contribution in [3.8, 4) is 23.5 Å². The summed E-state index contributed by atoms with van der Waals surface area (Å²) >= 11 is 0. The number of nitrogens with zero attached hydrogens (tertiary/aromatic N) is 8. The predicted octanol–water partition coefficient (Wildman–Crippen LogP) is 8.15. The van der Waals surface area contributed by atoms with Gasteiger partial charge in [-0.1, -0.05) is 45.9 Å². The molecule has 2 aliphatic rings. The van der Waals surface area contributed by atoms with E-state index < -0.39 is 12.4 Å². The molecule has 0 amide bonds. The van der Waals surface area contributed by atoms with E-state index in [0.717, 1.165) is 68.6 Å². The van der Waals surface area contributed by atoms with Gasteiger partial charge in [0.2, 0.25) is 11.9 Å². The molecular weight excluding hydrogens is 837 g/mol. The van der Waals surface area contributed by atoms with Crippen LogP contribution in [-0.4, -0.2) is 91.0 Å². The Bertz CT molecular complexity index is 2480. The second kappa shape index (κ2) is 20.2. The van der Waals surface area contributed by atoms with Crippen molar-refractivity contribution in [2.24, 2.45) is 0 Å². The summed E-state index contributed by atoms with van der Waals surface area (Å²) in [6.45, 7) is 15.5. The highest BCUT2D eigenvalue weighted by Gasteiger charge is 2.31. The zero-order chi connectivity index (χ0) is 45.5. The lowest BCUT2D eigenvalue weighted by Crippen LogP contribution is -2.37. The number of fused-ring (bicyclic) bond motifs is 2. The highest BCUT2D eigenvalue weighted by molar-refractivity contribution is 5.55. The molecule has 64 heavy (non-hydrogen) atoms. The van der Waals surface area contributed by atoms with Gasteiger partial charge < -0.3 is 40.2 Å². The normalized spacial score (nSPS) is 17.8. The summed E-state index contributed by atoms with van der Waals surface area (Å²) in [6, 6.07) is 10.3. The smallest absolute Gasteiger partial charge is 0.496 e. The summed E-state index contributed by atoms with van der Waals surface area (Å²) in [5.41, 5.74) is 4.71. The Hall–Kier alpha value is -6.02. The topological polar surface area (TPSA) is 171 Å². The van der Waals surface area contributed by atoms with Gasteiger partial charge in [0.05, 0.1) is 31.6 Å². The highest BCUT2D eigenvalue weighted by Crippen LogP contribution is 2.32. The number of aromatic nitrogens is 8. The monoisotopic (exact) mass is 892 g/mol. The summed E-state index contributed by atoms with van der Waals surface area (Å²) in [6.07, 6.45) is 2.74. The van der Waals surface area contributed by atoms with Crippen molar-refractivity contribution in [3.05, 3.63) is 82.9 Å². The largest absolute Gasteiger partial charge is 0.573 e. The van der Waals surface area contributed by atoms with Gasteiger partial charge in [0, 0.05) is 35.8 Å². The number of alkyl halides is 3. The molecule has 344 valence electrons. The first kappa shape index (κ1) is 46.0. The number of halogens is 4. The fourth-order valence-corrected chi connectivity index (χ4v) is 7.57. The Morgan fingerprint density at radius 3 is 1.73 bits per heavy atom. The van der Waals surface area contributed by atoms with Crippen LogP contribution in [0.4, 0.5) is 29.5 Å². The number of hydrogen-bond donors (Lipinski definition) is 4. The van der Waals surface area contributed by atoms with E-state index in [1.165, 1.54) is 37.4 Å². The number of ether oxygens (including phenoxy) is 4. The molecule has 2 fully saturated rings. The summed E-state index contributed by atoms with van der Waals surface area (Å²) in [5, 5.41) is 22.2.